The molecule has 1 aliphatic rings. The van der Waals surface area contributed by atoms with E-state index in [4.69, 9.17) is 8.83 Å². The van der Waals surface area contributed by atoms with Crippen molar-refractivity contribution in [2.45, 2.75) is 6.17 Å². The van der Waals surface area contributed by atoms with E-state index in [0.29, 0.717) is 17.2 Å². The number of benzene rings is 2. The molecule has 0 aliphatic carbocycles. The fraction of sp³-hybridized carbons (Fsp3) is 0.0476. The lowest BCUT2D eigenvalue weighted by molar-refractivity contribution is -0.116. The summed E-state index contributed by atoms with van der Waals surface area (Å²) in [5.41, 5.74) is 3.09. The SMILES string of the molecule is O=C1Nc2ccccc2C(c2ccccc2)=NC1Nc1nnc(-c2ccco2)o1. The van der Waals surface area contributed by atoms with Gasteiger partial charge >= 0.3 is 6.01 Å². The highest BCUT2D eigenvalue weighted by Gasteiger charge is 2.27. The van der Waals surface area contributed by atoms with Crippen LogP contribution < -0.4 is 10.6 Å². The Bertz CT molecular complexity index is 1180. The zero-order valence-electron chi connectivity index (χ0n) is 15.1. The van der Waals surface area contributed by atoms with Crippen LogP contribution in [0.15, 0.2) is 86.8 Å². The van der Waals surface area contributed by atoms with Crippen LogP contribution in [0, 0.1) is 0 Å². The zero-order valence-corrected chi connectivity index (χ0v) is 15.1. The smallest absolute Gasteiger partial charge is 0.317 e. The van der Waals surface area contributed by atoms with Gasteiger partial charge in [0.05, 0.1) is 17.7 Å². The van der Waals surface area contributed by atoms with Crippen molar-refractivity contribution in [2.24, 2.45) is 4.99 Å². The van der Waals surface area contributed by atoms with Crippen LogP contribution in [0.1, 0.15) is 11.1 Å². The molecule has 142 valence electrons. The van der Waals surface area contributed by atoms with Crippen molar-refractivity contribution in [3.8, 4) is 11.7 Å². The molecule has 2 aromatic heterocycles. The number of furan rings is 1. The van der Waals surface area contributed by atoms with Crippen LogP contribution in [0.25, 0.3) is 11.7 Å². The summed E-state index contributed by atoms with van der Waals surface area (Å²) in [6.45, 7) is 0. The van der Waals surface area contributed by atoms with Gasteiger partial charge in [0.2, 0.25) is 6.17 Å². The number of carbonyl (C=O) groups excluding carboxylic acids is 1. The molecular weight excluding hydrogens is 370 g/mol. The first-order valence-corrected chi connectivity index (χ1v) is 8.95. The van der Waals surface area contributed by atoms with Crippen LogP contribution in [0.3, 0.4) is 0 Å². The molecule has 29 heavy (non-hydrogen) atoms. The normalized spacial score (nSPS) is 15.8. The molecule has 0 radical (unpaired) electrons. The second kappa shape index (κ2) is 7.08. The quantitative estimate of drug-likeness (QED) is 0.556. The van der Waals surface area contributed by atoms with Crippen molar-refractivity contribution in [3.05, 3.63) is 84.1 Å². The molecule has 0 saturated carbocycles. The number of amides is 1. The minimum absolute atomic E-state index is 0.0682. The van der Waals surface area contributed by atoms with E-state index in [2.05, 4.69) is 25.8 Å². The summed E-state index contributed by atoms with van der Waals surface area (Å²) in [5.74, 6) is 0.319. The van der Waals surface area contributed by atoms with E-state index in [1.807, 2.05) is 54.6 Å². The molecule has 4 aromatic rings. The van der Waals surface area contributed by atoms with Gasteiger partial charge in [-0.25, -0.2) is 4.99 Å². The van der Waals surface area contributed by atoms with Crippen LogP contribution in [0.5, 0.6) is 0 Å². The lowest BCUT2D eigenvalue weighted by Gasteiger charge is -2.11. The van der Waals surface area contributed by atoms with E-state index in [0.717, 1.165) is 11.1 Å². The number of anilines is 2. The number of rotatable bonds is 4. The topological polar surface area (TPSA) is 106 Å². The van der Waals surface area contributed by atoms with Gasteiger partial charge < -0.3 is 19.5 Å². The highest BCUT2D eigenvalue weighted by molar-refractivity contribution is 6.19. The molecule has 1 unspecified atom stereocenters. The number of aliphatic imine (C=N–C) groups is 1. The molecule has 1 amide bonds. The Balaban J connectivity index is 1.52. The van der Waals surface area contributed by atoms with Crippen molar-refractivity contribution in [1.29, 1.82) is 0 Å². The van der Waals surface area contributed by atoms with Crippen LogP contribution in [0.2, 0.25) is 0 Å². The van der Waals surface area contributed by atoms with Crippen LogP contribution in [-0.4, -0.2) is 28.0 Å². The Morgan fingerprint density at radius 1 is 0.931 bits per heavy atom. The van der Waals surface area contributed by atoms with Gasteiger partial charge in [0.25, 0.3) is 11.8 Å². The van der Waals surface area contributed by atoms with Gasteiger partial charge in [0.15, 0.2) is 5.76 Å². The van der Waals surface area contributed by atoms with Gasteiger partial charge in [-0.2, -0.15) is 0 Å². The molecule has 0 bridgehead atoms. The number of benzodiazepines with no additional fused rings is 1. The molecule has 1 atom stereocenters. The van der Waals surface area contributed by atoms with E-state index in [-0.39, 0.29) is 17.8 Å². The Morgan fingerprint density at radius 3 is 2.59 bits per heavy atom. The van der Waals surface area contributed by atoms with Gasteiger partial charge in [-0.05, 0) is 18.2 Å². The number of para-hydroxylation sites is 1. The second-order valence-corrected chi connectivity index (χ2v) is 6.32. The predicted octanol–water partition coefficient (Wildman–Crippen LogP) is 3.56. The fourth-order valence-electron chi connectivity index (χ4n) is 3.08. The first-order valence-electron chi connectivity index (χ1n) is 8.95. The van der Waals surface area contributed by atoms with Crippen molar-refractivity contribution in [2.75, 3.05) is 10.6 Å². The molecule has 8 heteroatoms. The molecule has 0 fully saturated rings. The summed E-state index contributed by atoms with van der Waals surface area (Å²) in [6, 6.07) is 20.7. The lowest BCUT2D eigenvalue weighted by atomic mass is 10.0. The molecule has 0 saturated heterocycles. The van der Waals surface area contributed by atoms with E-state index in [1.54, 1.807) is 12.1 Å². The number of hydrogen-bond acceptors (Lipinski definition) is 7. The predicted molar refractivity (Wildman–Crippen MR) is 107 cm³/mol. The zero-order chi connectivity index (χ0) is 19.6. The van der Waals surface area contributed by atoms with Gasteiger partial charge in [0, 0.05) is 11.1 Å². The Morgan fingerprint density at radius 2 is 1.76 bits per heavy atom. The van der Waals surface area contributed by atoms with E-state index in [9.17, 15) is 4.79 Å². The number of hydrogen-bond donors (Lipinski definition) is 2. The molecule has 2 N–H and O–H groups in total. The highest BCUT2D eigenvalue weighted by Crippen LogP contribution is 2.25. The fourth-order valence-corrected chi connectivity index (χ4v) is 3.08. The third kappa shape index (κ3) is 3.27. The van der Waals surface area contributed by atoms with E-state index in [1.165, 1.54) is 6.26 Å². The summed E-state index contributed by atoms with van der Waals surface area (Å²) in [7, 11) is 0. The maximum atomic E-state index is 12.8. The molecule has 2 aromatic carbocycles. The summed E-state index contributed by atoms with van der Waals surface area (Å²) >= 11 is 0. The minimum Gasteiger partial charge on any atom is -0.459 e. The lowest BCUT2D eigenvalue weighted by Crippen LogP contribution is -2.32. The van der Waals surface area contributed by atoms with E-state index < -0.39 is 6.17 Å². The monoisotopic (exact) mass is 385 g/mol. The molecule has 3 heterocycles. The van der Waals surface area contributed by atoms with Crippen molar-refractivity contribution in [1.82, 2.24) is 10.2 Å². The number of carbonyl (C=O) groups is 1. The summed E-state index contributed by atoms with van der Waals surface area (Å²) in [6.07, 6.45) is 0.557. The summed E-state index contributed by atoms with van der Waals surface area (Å²) in [4.78, 5) is 17.5. The maximum Gasteiger partial charge on any atom is 0.317 e. The van der Waals surface area contributed by atoms with Crippen LogP contribution in [-0.2, 0) is 4.79 Å². The molecule has 0 spiro atoms. The van der Waals surface area contributed by atoms with Crippen LogP contribution >= 0.6 is 0 Å². The third-order valence-corrected chi connectivity index (χ3v) is 4.41. The van der Waals surface area contributed by atoms with Gasteiger partial charge in [-0.3, -0.25) is 4.79 Å². The Hall–Kier alpha value is -4.20. The number of nitrogens with zero attached hydrogens (tertiary/aromatic N) is 3. The average molecular weight is 385 g/mol. The van der Waals surface area contributed by atoms with Crippen molar-refractivity contribution in [3.63, 3.8) is 0 Å². The number of nitrogens with one attached hydrogen (secondary N) is 2. The largest absolute Gasteiger partial charge is 0.459 e. The van der Waals surface area contributed by atoms with Gasteiger partial charge in [-0.15, -0.1) is 5.10 Å². The molecule has 5 rings (SSSR count). The van der Waals surface area contributed by atoms with Gasteiger partial charge in [0.1, 0.15) is 0 Å². The maximum absolute atomic E-state index is 12.8. The average Bonchev–Trinajstić information content (AvgIpc) is 3.42. The summed E-state index contributed by atoms with van der Waals surface area (Å²) < 4.78 is 10.8. The third-order valence-electron chi connectivity index (χ3n) is 4.41. The Kier molecular flexibility index (Phi) is 4.14. The number of fused-ring (bicyclic) bond motifs is 1. The van der Waals surface area contributed by atoms with Crippen molar-refractivity contribution >= 4 is 23.3 Å². The standard InChI is InChI=1S/C21H15N5O3/c27-19-18(24-21-26-25-20(29-21)16-11-6-12-28-16)23-17(13-7-2-1-3-8-13)14-9-4-5-10-15(14)22-19/h1-12,18H,(H,22,27)(H,24,26). The highest BCUT2D eigenvalue weighted by atomic mass is 16.4. The van der Waals surface area contributed by atoms with Crippen LogP contribution in [0.4, 0.5) is 11.7 Å². The summed E-state index contributed by atoms with van der Waals surface area (Å²) in [5, 5.41) is 13.7. The minimum atomic E-state index is -0.956. The molecule has 8 nitrogen and oxygen atoms in total. The molecule has 1 aliphatic heterocycles. The Labute approximate surface area is 165 Å². The second-order valence-electron chi connectivity index (χ2n) is 6.32. The van der Waals surface area contributed by atoms with Crippen molar-refractivity contribution < 1.29 is 13.6 Å². The number of aromatic nitrogens is 2. The molecular formula is C21H15N5O3. The first kappa shape index (κ1) is 16.9. The first-order chi connectivity index (χ1) is 14.3. The van der Waals surface area contributed by atoms with Gasteiger partial charge in [-0.1, -0.05) is 53.6 Å². The van der Waals surface area contributed by atoms with E-state index >= 15 is 0 Å².